The summed E-state index contributed by atoms with van der Waals surface area (Å²) in [6.45, 7) is 6.48. The van der Waals surface area contributed by atoms with Gasteiger partial charge in [0.15, 0.2) is 0 Å². The molecule has 0 aromatic carbocycles. The van der Waals surface area contributed by atoms with Gasteiger partial charge >= 0.3 is 0 Å². The molecule has 0 unspecified atom stereocenters. The van der Waals surface area contributed by atoms with Gasteiger partial charge in [0.25, 0.3) is 5.91 Å². The Bertz CT molecular complexity index is 425. The van der Waals surface area contributed by atoms with E-state index in [-0.39, 0.29) is 5.56 Å². The van der Waals surface area contributed by atoms with Crippen LogP contribution in [0.2, 0.25) is 0 Å². The van der Waals surface area contributed by atoms with Crippen molar-refractivity contribution in [1.82, 2.24) is 10.3 Å². The summed E-state index contributed by atoms with van der Waals surface area (Å²) in [4.78, 5) is 15.2. The van der Waals surface area contributed by atoms with E-state index in [2.05, 4.69) is 10.3 Å². The van der Waals surface area contributed by atoms with Crippen LogP contribution in [-0.2, 0) is 0 Å². The van der Waals surface area contributed by atoms with Crippen LogP contribution in [0.25, 0.3) is 0 Å². The zero-order chi connectivity index (χ0) is 13.3. The van der Waals surface area contributed by atoms with Crippen LogP contribution >= 0.6 is 0 Å². The standard InChI is InChI=1S/C12H17FN2O2/c1-11(2,12(3,4)17)15-10(16)8-6-5-7-14-9(8)13/h5-7,17H,1-4H3,(H,15,16). The minimum absolute atomic E-state index is 0.134. The summed E-state index contributed by atoms with van der Waals surface area (Å²) in [6.07, 6.45) is 1.27. The maximum absolute atomic E-state index is 13.3. The monoisotopic (exact) mass is 240 g/mol. The number of rotatable bonds is 3. The summed E-state index contributed by atoms with van der Waals surface area (Å²) in [6, 6.07) is 2.83. The second-order valence-corrected chi connectivity index (χ2v) is 4.98. The maximum Gasteiger partial charge on any atom is 0.256 e. The van der Waals surface area contributed by atoms with Crippen LogP contribution in [0.5, 0.6) is 0 Å². The lowest BCUT2D eigenvalue weighted by atomic mass is 9.86. The predicted molar refractivity (Wildman–Crippen MR) is 62.0 cm³/mol. The third-order valence-electron chi connectivity index (χ3n) is 2.96. The highest BCUT2D eigenvalue weighted by molar-refractivity contribution is 5.94. The smallest absolute Gasteiger partial charge is 0.256 e. The quantitative estimate of drug-likeness (QED) is 0.787. The molecule has 5 heteroatoms. The van der Waals surface area contributed by atoms with Crippen LogP contribution in [0.3, 0.4) is 0 Å². The molecule has 0 aliphatic heterocycles. The average molecular weight is 240 g/mol. The molecule has 1 aromatic heterocycles. The van der Waals surface area contributed by atoms with E-state index in [9.17, 15) is 14.3 Å². The lowest BCUT2D eigenvalue weighted by molar-refractivity contribution is -0.00302. The molecular formula is C12H17FN2O2. The highest BCUT2D eigenvalue weighted by atomic mass is 19.1. The van der Waals surface area contributed by atoms with Gasteiger partial charge in [-0.2, -0.15) is 4.39 Å². The van der Waals surface area contributed by atoms with Gasteiger partial charge in [0, 0.05) is 6.20 Å². The highest BCUT2D eigenvalue weighted by Crippen LogP contribution is 2.21. The molecule has 1 rings (SSSR count). The summed E-state index contributed by atoms with van der Waals surface area (Å²) < 4.78 is 13.3. The maximum atomic E-state index is 13.3. The third-order valence-corrected chi connectivity index (χ3v) is 2.96. The number of aromatic nitrogens is 1. The first-order chi connectivity index (χ1) is 7.65. The molecule has 0 saturated carbocycles. The van der Waals surface area contributed by atoms with Gasteiger partial charge in [-0.15, -0.1) is 0 Å². The van der Waals surface area contributed by atoms with Gasteiger partial charge in [-0.25, -0.2) is 4.98 Å². The number of nitrogens with one attached hydrogen (secondary N) is 1. The zero-order valence-corrected chi connectivity index (χ0v) is 10.4. The normalized spacial score (nSPS) is 12.4. The number of hydrogen-bond donors (Lipinski definition) is 2. The molecule has 1 aromatic rings. The number of nitrogens with zero attached hydrogens (tertiary/aromatic N) is 1. The van der Waals surface area contributed by atoms with Gasteiger partial charge in [-0.3, -0.25) is 4.79 Å². The molecule has 0 spiro atoms. The van der Waals surface area contributed by atoms with Crippen LogP contribution in [0, 0.1) is 5.95 Å². The molecule has 0 saturated heterocycles. The fraction of sp³-hybridized carbons (Fsp3) is 0.500. The molecule has 94 valence electrons. The van der Waals surface area contributed by atoms with E-state index in [4.69, 9.17) is 0 Å². The number of carbonyl (C=O) groups is 1. The minimum atomic E-state index is -1.12. The average Bonchev–Trinajstić information content (AvgIpc) is 2.15. The molecule has 0 atom stereocenters. The second kappa shape index (κ2) is 4.41. The predicted octanol–water partition coefficient (Wildman–Crippen LogP) is 1.50. The van der Waals surface area contributed by atoms with E-state index in [1.165, 1.54) is 18.3 Å². The first kappa shape index (κ1) is 13.6. The Hall–Kier alpha value is -1.49. The lowest BCUT2D eigenvalue weighted by Crippen LogP contribution is -2.57. The summed E-state index contributed by atoms with van der Waals surface area (Å²) in [5.74, 6) is -1.42. The van der Waals surface area contributed by atoms with Crippen LogP contribution < -0.4 is 5.32 Å². The fourth-order valence-electron chi connectivity index (χ4n) is 1.06. The van der Waals surface area contributed by atoms with Crippen molar-refractivity contribution in [2.75, 3.05) is 0 Å². The van der Waals surface area contributed by atoms with Crippen molar-refractivity contribution >= 4 is 5.91 Å². The van der Waals surface area contributed by atoms with Crippen LogP contribution in [0.1, 0.15) is 38.1 Å². The topological polar surface area (TPSA) is 62.2 Å². The van der Waals surface area contributed by atoms with Crippen molar-refractivity contribution < 1.29 is 14.3 Å². The van der Waals surface area contributed by atoms with Crippen molar-refractivity contribution in [3.05, 3.63) is 29.8 Å². The molecule has 2 N–H and O–H groups in total. The first-order valence-corrected chi connectivity index (χ1v) is 5.30. The van der Waals surface area contributed by atoms with Gasteiger partial charge in [-0.05, 0) is 39.8 Å². The largest absolute Gasteiger partial charge is 0.388 e. The Morgan fingerprint density at radius 1 is 1.41 bits per heavy atom. The molecule has 4 nitrogen and oxygen atoms in total. The van der Waals surface area contributed by atoms with E-state index < -0.39 is 23.0 Å². The number of hydrogen-bond acceptors (Lipinski definition) is 3. The molecule has 0 radical (unpaired) electrons. The summed E-state index contributed by atoms with van der Waals surface area (Å²) >= 11 is 0. The van der Waals surface area contributed by atoms with Crippen molar-refractivity contribution in [3.8, 4) is 0 Å². The molecule has 17 heavy (non-hydrogen) atoms. The Balaban J connectivity index is 2.92. The van der Waals surface area contributed by atoms with Crippen LogP contribution in [0.4, 0.5) is 4.39 Å². The van der Waals surface area contributed by atoms with Gasteiger partial charge in [0.2, 0.25) is 5.95 Å². The van der Waals surface area contributed by atoms with E-state index in [1.54, 1.807) is 27.7 Å². The Morgan fingerprint density at radius 2 is 2.00 bits per heavy atom. The highest BCUT2D eigenvalue weighted by Gasteiger charge is 2.36. The van der Waals surface area contributed by atoms with Crippen molar-refractivity contribution in [3.63, 3.8) is 0 Å². The zero-order valence-electron chi connectivity index (χ0n) is 10.4. The van der Waals surface area contributed by atoms with Crippen LogP contribution in [-0.4, -0.2) is 27.1 Å². The Kier molecular flexibility index (Phi) is 3.52. The van der Waals surface area contributed by atoms with Crippen LogP contribution in [0.15, 0.2) is 18.3 Å². The lowest BCUT2D eigenvalue weighted by Gasteiger charge is -2.37. The summed E-state index contributed by atoms with van der Waals surface area (Å²) in [5.41, 5.74) is -2.14. The Labute approximate surface area is 99.9 Å². The number of aliphatic hydroxyl groups is 1. The molecule has 0 aliphatic rings. The van der Waals surface area contributed by atoms with E-state index in [0.29, 0.717) is 0 Å². The van der Waals surface area contributed by atoms with E-state index in [0.717, 1.165) is 0 Å². The van der Waals surface area contributed by atoms with Gasteiger partial charge in [0.1, 0.15) is 0 Å². The molecule has 1 amide bonds. The number of pyridine rings is 1. The third kappa shape index (κ3) is 3.00. The van der Waals surface area contributed by atoms with Crippen molar-refractivity contribution in [1.29, 1.82) is 0 Å². The molecule has 0 aliphatic carbocycles. The summed E-state index contributed by atoms with van der Waals surface area (Å²) in [7, 11) is 0. The number of carbonyl (C=O) groups excluding carboxylic acids is 1. The van der Waals surface area contributed by atoms with Crippen molar-refractivity contribution in [2.24, 2.45) is 0 Å². The number of halogens is 1. The Morgan fingerprint density at radius 3 is 2.47 bits per heavy atom. The molecule has 0 bridgehead atoms. The minimum Gasteiger partial charge on any atom is -0.388 e. The van der Waals surface area contributed by atoms with E-state index >= 15 is 0 Å². The second-order valence-electron chi connectivity index (χ2n) is 4.98. The van der Waals surface area contributed by atoms with Gasteiger partial charge < -0.3 is 10.4 Å². The molecule has 1 heterocycles. The first-order valence-electron chi connectivity index (χ1n) is 5.30. The van der Waals surface area contributed by atoms with Crippen molar-refractivity contribution in [2.45, 2.75) is 38.8 Å². The van der Waals surface area contributed by atoms with Gasteiger partial charge in [-0.1, -0.05) is 0 Å². The fourth-order valence-corrected chi connectivity index (χ4v) is 1.06. The van der Waals surface area contributed by atoms with E-state index in [1.807, 2.05) is 0 Å². The van der Waals surface area contributed by atoms with Gasteiger partial charge in [0.05, 0.1) is 16.7 Å². The SMILES string of the molecule is CC(C)(O)C(C)(C)NC(=O)c1cccnc1F. The summed E-state index contributed by atoms with van der Waals surface area (Å²) in [5, 5.41) is 12.5. The molecule has 0 fully saturated rings. The molecular weight excluding hydrogens is 223 g/mol. The number of amides is 1.